The van der Waals surface area contributed by atoms with Gasteiger partial charge in [-0.05, 0) is 43.7 Å². The summed E-state index contributed by atoms with van der Waals surface area (Å²) in [5.74, 6) is 0.961. The lowest BCUT2D eigenvalue weighted by atomic mass is 10.2. The third-order valence-corrected chi connectivity index (χ3v) is 4.41. The number of nitrogens with one attached hydrogen (secondary N) is 1. The number of hydrogen-bond donors (Lipinski definition) is 1. The first-order chi connectivity index (χ1) is 9.72. The molecule has 0 aliphatic carbocycles. The summed E-state index contributed by atoms with van der Waals surface area (Å²) < 4.78 is 5.92. The predicted molar refractivity (Wildman–Crippen MR) is 86.6 cm³/mol. The van der Waals surface area contributed by atoms with E-state index in [1.165, 1.54) is 20.9 Å². The second-order valence-electron chi connectivity index (χ2n) is 4.86. The molecule has 2 rings (SSSR count). The van der Waals surface area contributed by atoms with Crippen LogP contribution in [0, 0.1) is 6.92 Å². The summed E-state index contributed by atoms with van der Waals surface area (Å²) in [6.07, 6.45) is 1.04. The van der Waals surface area contributed by atoms with Crippen LogP contribution in [0.4, 0.5) is 0 Å². The van der Waals surface area contributed by atoms with Crippen molar-refractivity contribution in [2.45, 2.75) is 40.3 Å². The number of aryl methyl sites for hydroxylation is 2. The van der Waals surface area contributed by atoms with Crippen LogP contribution >= 0.6 is 11.3 Å². The normalized spacial score (nSPS) is 10.8. The van der Waals surface area contributed by atoms with E-state index in [9.17, 15) is 0 Å². The van der Waals surface area contributed by atoms with Crippen LogP contribution in [-0.2, 0) is 19.6 Å². The van der Waals surface area contributed by atoms with E-state index >= 15 is 0 Å². The molecule has 108 valence electrons. The average molecular weight is 289 g/mol. The van der Waals surface area contributed by atoms with Gasteiger partial charge in [0.2, 0.25) is 0 Å². The Hall–Kier alpha value is -1.32. The largest absolute Gasteiger partial charge is 0.489 e. The minimum atomic E-state index is 0.654. The molecule has 0 bridgehead atoms. The van der Waals surface area contributed by atoms with Gasteiger partial charge in [-0.15, -0.1) is 11.3 Å². The number of ether oxygens (including phenoxy) is 1. The molecule has 0 unspecified atom stereocenters. The Balaban J connectivity index is 1.97. The molecule has 0 aliphatic rings. The fourth-order valence-electron chi connectivity index (χ4n) is 2.08. The van der Waals surface area contributed by atoms with Crippen molar-refractivity contribution < 1.29 is 4.74 Å². The first-order valence-corrected chi connectivity index (χ1v) is 8.05. The monoisotopic (exact) mass is 289 g/mol. The van der Waals surface area contributed by atoms with Gasteiger partial charge in [0.1, 0.15) is 12.4 Å². The van der Waals surface area contributed by atoms with Gasteiger partial charge in [-0.25, -0.2) is 0 Å². The zero-order valence-corrected chi connectivity index (χ0v) is 13.3. The van der Waals surface area contributed by atoms with E-state index in [-0.39, 0.29) is 0 Å². The highest BCUT2D eigenvalue weighted by molar-refractivity contribution is 7.12. The smallest absolute Gasteiger partial charge is 0.120 e. The van der Waals surface area contributed by atoms with E-state index in [1.54, 1.807) is 0 Å². The molecule has 1 heterocycles. The van der Waals surface area contributed by atoms with E-state index in [0.29, 0.717) is 6.61 Å². The van der Waals surface area contributed by atoms with Crippen LogP contribution < -0.4 is 10.1 Å². The van der Waals surface area contributed by atoms with Gasteiger partial charge in [0.25, 0.3) is 0 Å². The standard InChI is InChI=1S/C17H23NOS/c1-4-14-7-6-8-16(9-14)19-12-15-10-17(11-18-5-2)20-13(15)3/h6-10,18H,4-5,11-12H2,1-3H3. The minimum absolute atomic E-state index is 0.654. The van der Waals surface area contributed by atoms with E-state index in [0.717, 1.165) is 25.3 Å². The summed E-state index contributed by atoms with van der Waals surface area (Å²) in [5, 5.41) is 3.36. The van der Waals surface area contributed by atoms with Crippen LogP contribution in [0.2, 0.25) is 0 Å². The fraction of sp³-hybridized carbons (Fsp3) is 0.412. The van der Waals surface area contributed by atoms with Crippen LogP contribution in [0.3, 0.4) is 0 Å². The van der Waals surface area contributed by atoms with Crippen molar-refractivity contribution in [2.24, 2.45) is 0 Å². The van der Waals surface area contributed by atoms with Gasteiger partial charge in [-0.3, -0.25) is 0 Å². The summed E-state index contributed by atoms with van der Waals surface area (Å²) >= 11 is 1.85. The Labute approximate surface area is 125 Å². The van der Waals surface area contributed by atoms with Crippen molar-refractivity contribution in [1.29, 1.82) is 0 Å². The van der Waals surface area contributed by atoms with Crippen molar-refractivity contribution in [3.8, 4) is 5.75 Å². The molecule has 1 N–H and O–H groups in total. The third kappa shape index (κ3) is 4.09. The van der Waals surface area contributed by atoms with Crippen LogP contribution in [0.1, 0.15) is 34.7 Å². The van der Waals surface area contributed by atoms with E-state index in [4.69, 9.17) is 4.74 Å². The number of thiophene rings is 1. The van der Waals surface area contributed by atoms with Crippen LogP contribution in [-0.4, -0.2) is 6.54 Å². The first kappa shape index (κ1) is 15.1. The average Bonchev–Trinajstić information content (AvgIpc) is 2.83. The number of hydrogen-bond acceptors (Lipinski definition) is 3. The van der Waals surface area contributed by atoms with Gasteiger partial charge in [0.05, 0.1) is 0 Å². The van der Waals surface area contributed by atoms with Crippen molar-refractivity contribution in [1.82, 2.24) is 5.32 Å². The molecule has 2 nitrogen and oxygen atoms in total. The van der Waals surface area contributed by atoms with Crippen molar-refractivity contribution in [3.63, 3.8) is 0 Å². The molecule has 0 aliphatic heterocycles. The number of rotatable bonds is 7. The second-order valence-corrected chi connectivity index (χ2v) is 6.20. The van der Waals surface area contributed by atoms with Gasteiger partial charge < -0.3 is 10.1 Å². The van der Waals surface area contributed by atoms with E-state index < -0.39 is 0 Å². The minimum Gasteiger partial charge on any atom is -0.489 e. The first-order valence-electron chi connectivity index (χ1n) is 7.23. The maximum atomic E-state index is 5.92. The maximum absolute atomic E-state index is 5.92. The maximum Gasteiger partial charge on any atom is 0.120 e. The highest BCUT2D eigenvalue weighted by atomic mass is 32.1. The lowest BCUT2D eigenvalue weighted by Gasteiger charge is -2.07. The highest BCUT2D eigenvalue weighted by Gasteiger charge is 2.06. The SMILES string of the molecule is CCNCc1cc(COc2cccc(CC)c2)c(C)s1. The van der Waals surface area contributed by atoms with E-state index in [1.807, 2.05) is 17.4 Å². The van der Waals surface area contributed by atoms with Gasteiger partial charge in [0.15, 0.2) is 0 Å². The van der Waals surface area contributed by atoms with Crippen LogP contribution in [0.5, 0.6) is 5.75 Å². The Kier molecular flexibility index (Phi) is 5.62. The lowest BCUT2D eigenvalue weighted by Crippen LogP contribution is -2.10. The molecule has 20 heavy (non-hydrogen) atoms. The predicted octanol–water partition coefficient (Wildman–Crippen LogP) is 4.31. The molecule has 0 saturated heterocycles. The quantitative estimate of drug-likeness (QED) is 0.820. The number of benzene rings is 1. The van der Waals surface area contributed by atoms with Gasteiger partial charge in [-0.2, -0.15) is 0 Å². The third-order valence-electron chi connectivity index (χ3n) is 3.32. The summed E-state index contributed by atoms with van der Waals surface area (Å²) in [6, 6.07) is 10.6. The zero-order valence-electron chi connectivity index (χ0n) is 12.5. The van der Waals surface area contributed by atoms with Gasteiger partial charge in [-0.1, -0.05) is 26.0 Å². The molecule has 0 amide bonds. The second kappa shape index (κ2) is 7.46. The summed E-state index contributed by atoms with van der Waals surface area (Å²) in [4.78, 5) is 2.73. The molecular weight excluding hydrogens is 266 g/mol. The van der Waals surface area contributed by atoms with Gasteiger partial charge >= 0.3 is 0 Å². The van der Waals surface area contributed by atoms with Crippen molar-refractivity contribution in [2.75, 3.05) is 6.54 Å². The molecule has 0 radical (unpaired) electrons. The molecule has 2 aromatic rings. The van der Waals surface area contributed by atoms with Crippen LogP contribution in [0.25, 0.3) is 0 Å². The molecule has 0 saturated carbocycles. The summed E-state index contributed by atoms with van der Waals surface area (Å²) in [7, 11) is 0. The Bertz CT molecular complexity index is 548. The van der Waals surface area contributed by atoms with Crippen LogP contribution in [0.15, 0.2) is 30.3 Å². The molecule has 3 heteroatoms. The van der Waals surface area contributed by atoms with Gasteiger partial charge in [0, 0.05) is 21.9 Å². The van der Waals surface area contributed by atoms with E-state index in [2.05, 4.69) is 50.4 Å². The topological polar surface area (TPSA) is 21.3 Å². The van der Waals surface area contributed by atoms with Crippen molar-refractivity contribution >= 4 is 11.3 Å². The Morgan fingerprint density at radius 1 is 1.20 bits per heavy atom. The Morgan fingerprint density at radius 2 is 2.05 bits per heavy atom. The summed E-state index contributed by atoms with van der Waals surface area (Å²) in [5.41, 5.74) is 2.61. The molecule has 0 fully saturated rings. The Morgan fingerprint density at radius 3 is 2.80 bits per heavy atom. The fourth-order valence-corrected chi connectivity index (χ4v) is 3.10. The molecule has 0 atom stereocenters. The molecule has 0 spiro atoms. The summed E-state index contributed by atoms with van der Waals surface area (Å²) in [6.45, 7) is 9.07. The lowest BCUT2D eigenvalue weighted by molar-refractivity contribution is 0.305. The molecule has 1 aromatic carbocycles. The molecule has 1 aromatic heterocycles. The molecular formula is C17H23NOS. The zero-order chi connectivity index (χ0) is 14.4. The van der Waals surface area contributed by atoms with Crippen molar-refractivity contribution in [3.05, 3.63) is 51.2 Å². The highest BCUT2D eigenvalue weighted by Crippen LogP contribution is 2.23.